The van der Waals surface area contributed by atoms with Crippen molar-refractivity contribution in [3.05, 3.63) is 28.6 Å². The molecular formula is C10H10BrN3O2. The van der Waals surface area contributed by atoms with E-state index in [9.17, 15) is 0 Å². The summed E-state index contributed by atoms with van der Waals surface area (Å²) < 4.78 is 10.9. The highest BCUT2D eigenvalue weighted by molar-refractivity contribution is 9.10. The van der Waals surface area contributed by atoms with E-state index in [1.807, 2.05) is 18.2 Å². The molecule has 0 saturated heterocycles. The molecule has 0 aliphatic rings. The van der Waals surface area contributed by atoms with Crippen LogP contribution in [-0.2, 0) is 6.54 Å². The highest BCUT2D eigenvalue weighted by Crippen LogP contribution is 2.29. The summed E-state index contributed by atoms with van der Waals surface area (Å²) in [6.07, 6.45) is 0. The highest BCUT2D eigenvalue weighted by Gasteiger charge is 2.09. The van der Waals surface area contributed by atoms with Crippen molar-refractivity contribution in [2.75, 3.05) is 7.11 Å². The molecule has 0 spiro atoms. The predicted octanol–water partition coefficient (Wildman–Crippen LogP) is 1.97. The maximum Gasteiger partial charge on any atom is 0.240 e. The van der Waals surface area contributed by atoms with Crippen LogP contribution < -0.4 is 10.5 Å². The van der Waals surface area contributed by atoms with Crippen molar-refractivity contribution in [2.45, 2.75) is 6.54 Å². The lowest BCUT2D eigenvalue weighted by Crippen LogP contribution is -1.95. The van der Waals surface area contributed by atoms with E-state index >= 15 is 0 Å². The third-order valence-corrected chi connectivity index (χ3v) is 2.67. The van der Waals surface area contributed by atoms with Crippen LogP contribution in [0.3, 0.4) is 0 Å². The Morgan fingerprint density at radius 2 is 2.31 bits per heavy atom. The zero-order valence-electron chi connectivity index (χ0n) is 8.61. The van der Waals surface area contributed by atoms with Crippen molar-refractivity contribution in [3.8, 4) is 17.1 Å². The number of benzene rings is 1. The average Bonchev–Trinajstić information content (AvgIpc) is 2.77. The molecule has 2 rings (SSSR count). The molecule has 0 atom stereocenters. The zero-order valence-corrected chi connectivity index (χ0v) is 10.2. The van der Waals surface area contributed by atoms with E-state index in [1.54, 1.807) is 7.11 Å². The molecule has 1 heterocycles. The van der Waals surface area contributed by atoms with Crippen LogP contribution >= 0.6 is 15.9 Å². The Labute approximate surface area is 101 Å². The fourth-order valence-electron chi connectivity index (χ4n) is 1.26. The highest BCUT2D eigenvalue weighted by atomic mass is 79.9. The third kappa shape index (κ3) is 2.07. The SMILES string of the molecule is COc1ccc(-c2noc(CN)n2)cc1Br. The first-order valence-corrected chi connectivity index (χ1v) is 5.40. The van der Waals surface area contributed by atoms with Crippen LogP contribution in [0.4, 0.5) is 0 Å². The number of ether oxygens (including phenoxy) is 1. The van der Waals surface area contributed by atoms with E-state index in [2.05, 4.69) is 26.1 Å². The van der Waals surface area contributed by atoms with Gasteiger partial charge in [0.15, 0.2) is 0 Å². The molecule has 2 N–H and O–H groups in total. The summed E-state index contributed by atoms with van der Waals surface area (Å²) in [5.74, 6) is 1.69. The first-order chi connectivity index (χ1) is 7.74. The van der Waals surface area contributed by atoms with Gasteiger partial charge in [-0.2, -0.15) is 4.98 Å². The van der Waals surface area contributed by atoms with Crippen LogP contribution in [0, 0.1) is 0 Å². The van der Waals surface area contributed by atoms with Crippen LogP contribution in [0.2, 0.25) is 0 Å². The van der Waals surface area contributed by atoms with E-state index in [1.165, 1.54) is 0 Å². The van der Waals surface area contributed by atoms with Gasteiger partial charge in [0, 0.05) is 5.56 Å². The van der Waals surface area contributed by atoms with Crippen molar-refractivity contribution in [1.29, 1.82) is 0 Å². The number of methoxy groups -OCH3 is 1. The molecule has 0 radical (unpaired) electrons. The molecule has 0 bridgehead atoms. The van der Waals surface area contributed by atoms with Crippen LogP contribution in [0.5, 0.6) is 5.75 Å². The Hall–Kier alpha value is -1.40. The Morgan fingerprint density at radius 1 is 1.50 bits per heavy atom. The standard InChI is InChI=1S/C10H10BrN3O2/c1-15-8-3-2-6(4-7(8)11)10-13-9(5-12)16-14-10/h2-4H,5,12H2,1H3. The second-order valence-corrected chi connectivity index (χ2v) is 3.92. The smallest absolute Gasteiger partial charge is 0.240 e. The topological polar surface area (TPSA) is 74.2 Å². The molecule has 16 heavy (non-hydrogen) atoms. The molecule has 0 aliphatic heterocycles. The number of hydrogen-bond donors (Lipinski definition) is 1. The van der Waals surface area contributed by atoms with E-state index in [-0.39, 0.29) is 6.54 Å². The van der Waals surface area contributed by atoms with E-state index in [4.69, 9.17) is 15.0 Å². The molecule has 0 amide bonds. The monoisotopic (exact) mass is 283 g/mol. The molecular weight excluding hydrogens is 274 g/mol. The van der Waals surface area contributed by atoms with Gasteiger partial charge in [-0.25, -0.2) is 0 Å². The third-order valence-electron chi connectivity index (χ3n) is 2.05. The first kappa shape index (κ1) is 11.1. The number of hydrogen-bond acceptors (Lipinski definition) is 5. The van der Waals surface area contributed by atoms with Gasteiger partial charge in [-0.3, -0.25) is 0 Å². The van der Waals surface area contributed by atoms with Crippen LogP contribution in [0.15, 0.2) is 27.2 Å². The molecule has 0 aliphatic carbocycles. The second-order valence-electron chi connectivity index (χ2n) is 3.07. The van der Waals surface area contributed by atoms with Gasteiger partial charge < -0.3 is 15.0 Å². The minimum Gasteiger partial charge on any atom is -0.496 e. The first-order valence-electron chi connectivity index (χ1n) is 4.61. The van der Waals surface area contributed by atoms with Crippen LogP contribution in [0.25, 0.3) is 11.4 Å². The van der Waals surface area contributed by atoms with E-state index in [0.29, 0.717) is 11.7 Å². The maximum absolute atomic E-state index is 5.39. The molecule has 5 nitrogen and oxygen atoms in total. The van der Waals surface area contributed by atoms with Gasteiger partial charge in [-0.1, -0.05) is 5.16 Å². The summed E-state index contributed by atoms with van der Waals surface area (Å²) in [7, 11) is 1.61. The maximum atomic E-state index is 5.39. The fraction of sp³-hybridized carbons (Fsp3) is 0.200. The van der Waals surface area contributed by atoms with Gasteiger partial charge in [-0.15, -0.1) is 0 Å². The van der Waals surface area contributed by atoms with Crippen molar-refractivity contribution in [1.82, 2.24) is 10.1 Å². The van der Waals surface area contributed by atoms with Gasteiger partial charge >= 0.3 is 0 Å². The van der Waals surface area contributed by atoms with Crippen molar-refractivity contribution >= 4 is 15.9 Å². The Kier molecular flexibility index (Phi) is 3.21. The fourth-order valence-corrected chi connectivity index (χ4v) is 1.80. The predicted molar refractivity (Wildman–Crippen MR) is 61.9 cm³/mol. The van der Waals surface area contributed by atoms with Crippen molar-refractivity contribution in [2.24, 2.45) is 5.73 Å². The lowest BCUT2D eigenvalue weighted by molar-refractivity contribution is 0.380. The Balaban J connectivity index is 2.37. The Morgan fingerprint density at radius 3 is 2.88 bits per heavy atom. The summed E-state index contributed by atoms with van der Waals surface area (Å²) in [4.78, 5) is 4.13. The summed E-state index contributed by atoms with van der Waals surface area (Å²) in [5.41, 5.74) is 6.23. The van der Waals surface area contributed by atoms with Crippen LogP contribution in [-0.4, -0.2) is 17.3 Å². The number of halogens is 1. The Bertz CT molecular complexity index is 499. The van der Waals surface area contributed by atoms with Crippen molar-refractivity contribution in [3.63, 3.8) is 0 Å². The largest absolute Gasteiger partial charge is 0.496 e. The molecule has 0 unspecified atom stereocenters. The quantitative estimate of drug-likeness (QED) is 0.932. The van der Waals surface area contributed by atoms with Gasteiger partial charge in [-0.05, 0) is 34.1 Å². The number of nitrogens with zero attached hydrogens (tertiary/aromatic N) is 2. The molecule has 1 aromatic heterocycles. The molecule has 84 valence electrons. The number of aromatic nitrogens is 2. The minimum atomic E-state index is 0.240. The van der Waals surface area contributed by atoms with E-state index < -0.39 is 0 Å². The summed E-state index contributed by atoms with van der Waals surface area (Å²) in [6.45, 7) is 0.240. The van der Waals surface area contributed by atoms with Gasteiger partial charge in [0.1, 0.15) is 5.75 Å². The second kappa shape index (κ2) is 4.63. The molecule has 2 aromatic rings. The summed E-state index contributed by atoms with van der Waals surface area (Å²) in [6, 6.07) is 5.55. The van der Waals surface area contributed by atoms with Gasteiger partial charge in [0.25, 0.3) is 0 Å². The number of rotatable bonds is 3. The summed E-state index contributed by atoms with van der Waals surface area (Å²) in [5, 5.41) is 3.83. The number of nitrogens with two attached hydrogens (primary N) is 1. The van der Waals surface area contributed by atoms with Crippen molar-refractivity contribution < 1.29 is 9.26 Å². The minimum absolute atomic E-state index is 0.240. The van der Waals surface area contributed by atoms with Gasteiger partial charge in [0.05, 0.1) is 18.1 Å². The molecule has 6 heteroatoms. The normalized spacial score (nSPS) is 10.4. The average molecular weight is 284 g/mol. The van der Waals surface area contributed by atoms with Crippen LogP contribution in [0.1, 0.15) is 5.89 Å². The van der Waals surface area contributed by atoms with E-state index in [0.717, 1.165) is 15.8 Å². The lowest BCUT2D eigenvalue weighted by atomic mass is 10.2. The molecule has 0 saturated carbocycles. The molecule has 1 aromatic carbocycles. The lowest BCUT2D eigenvalue weighted by Gasteiger charge is -2.03. The zero-order chi connectivity index (χ0) is 11.5. The molecule has 0 fully saturated rings. The van der Waals surface area contributed by atoms with Gasteiger partial charge in [0.2, 0.25) is 11.7 Å². The summed E-state index contributed by atoms with van der Waals surface area (Å²) >= 11 is 3.39.